The minimum atomic E-state index is 0.506. The van der Waals surface area contributed by atoms with Crippen molar-refractivity contribution in [3.8, 4) is 0 Å². The van der Waals surface area contributed by atoms with Crippen LogP contribution in [-0.4, -0.2) is 31.1 Å². The Morgan fingerprint density at radius 2 is 2.06 bits per heavy atom. The van der Waals surface area contributed by atoms with Crippen molar-refractivity contribution in [2.24, 2.45) is 5.92 Å². The molecule has 2 heterocycles. The molecule has 1 saturated carbocycles. The van der Waals surface area contributed by atoms with Gasteiger partial charge in [-0.05, 0) is 37.8 Å². The Morgan fingerprint density at radius 1 is 1.33 bits per heavy atom. The molecule has 1 aromatic rings. The fraction of sp³-hybridized carbons (Fsp3) is 0.733. The summed E-state index contributed by atoms with van der Waals surface area (Å²) in [4.78, 5) is 2.60. The van der Waals surface area contributed by atoms with Crippen molar-refractivity contribution in [3.63, 3.8) is 0 Å². The zero-order chi connectivity index (χ0) is 12.5. The molecule has 0 amide bonds. The molecule has 3 heteroatoms. The molecule has 0 bridgehead atoms. The predicted molar refractivity (Wildman–Crippen MR) is 72.7 cm³/mol. The van der Waals surface area contributed by atoms with Crippen LogP contribution in [0.5, 0.6) is 0 Å². The molecule has 2 aliphatic rings. The largest absolute Gasteiger partial charge is 0.464 e. The summed E-state index contributed by atoms with van der Waals surface area (Å²) in [6.07, 6.45) is 4.12. The normalized spacial score (nSPS) is 23.2. The molecule has 3 nitrogen and oxygen atoms in total. The first-order valence-corrected chi connectivity index (χ1v) is 7.26. The van der Waals surface area contributed by atoms with E-state index in [1.165, 1.54) is 30.6 Å². The molecular weight excluding hydrogens is 224 g/mol. The topological polar surface area (TPSA) is 28.4 Å². The zero-order valence-electron chi connectivity index (χ0n) is 11.5. The molecule has 1 N–H and O–H groups in total. The van der Waals surface area contributed by atoms with Gasteiger partial charge in [-0.15, -0.1) is 0 Å². The van der Waals surface area contributed by atoms with E-state index in [1.54, 1.807) is 0 Å². The Kier molecular flexibility index (Phi) is 3.44. The van der Waals surface area contributed by atoms with Gasteiger partial charge in [0.15, 0.2) is 0 Å². The highest BCUT2D eigenvalue weighted by atomic mass is 16.3. The fourth-order valence-corrected chi connectivity index (χ4v) is 2.87. The Labute approximate surface area is 110 Å². The second kappa shape index (κ2) is 5.06. The molecule has 0 unspecified atom stereocenters. The molecule has 18 heavy (non-hydrogen) atoms. The molecule has 0 aromatic carbocycles. The molecule has 1 aliphatic carbocycles. The lowest BCUT2D eigenvalue weighted by Gasteiger charge is -2.34. The summed E-state index contributed by atoms with van der Waals surface area (Å²) in [5.41, 5.74) is 1.29. The van der Waals surface area contributed by atoms with Gasteiger partial charge in [0.1, 0.15) is 11.5 Å². The maximum Gasteiger partial charge on any atom is 0.121 e. The van der Waals surface area contributed by atoms with Crippen LogP contribution in [-0.2, 0) is 0 Å². The van der Waals surface area contributed by atoms with Gasteiger partial charge in [-0.25, -0.2) is 0 Å². The van der Waals surface area contributed by atoms with Crippen molar-refractivity contribution in [1.29, 1.82) is 0 Å². The number of hydrogen-bond acceptors (Lipinski definition) is 3. The lowest BCUT2D eigenvalue weighted by molar-refractivity contribution is 0.141. The maximum atomic E-state index is 6.00. The second-order valence-corrected chi connectivity index (χ2v) is 5.87. The quantitative estimate of drug-likeness (QED) is 0.888. The second-order valence-electron chi connectivity index (χ2n) is 5.87. The van der Waals surface area contributed by atoms with Gasteiger partial charge in [0.2, 0.25) is 0 Å². The average molecular weight is 248 g/mol. The first-order valence-electron chi connectivity index (χ1n) is 7.26. The number of hydrogen-bond donors (Lipinski definition) is 1. The smallest absolute Gasteiger partial charge is 0.121 e. The van der Waals surface area contributed by atoms with Gasteiger partial charge in [-0.1, -0.05) is 12.8 Å². The fourth-order valence-electron chi connectivity index (χ4n) is 2.87. The molecule has 1 atom stereocenters. The van der Waals surface area contributed by atoms with E-state index in [9.17, 15) is 0 Å². The highest BCUT2D eigenvalue weighted by Crippen LogP contribution is 2.40. The molecule has 0 spiro atoms. The molecule has 1 aromatic heterocycles. The van der Waals surface area contributed by atoms with Gasteiger partial charge in [0, 0.05) is 26.2 Å². The number of nitrogens with one attached hydrogen (secondary N) is 1. The van der Waals surface area contributed by atoms with Gasteiger partial charge in [0.05, 0.1) is 6.04 Å². The van der Waals surface area contributed by atoms with E-state index in [2.05, 4.69) is 30.1 Å². The van der Waals surface area contributed by atoms with Crippen molar-refractivity contribution in [2.75, 3.05) is 26.2 Å². The Balaban J connectivity index is 1.78. The summed E-state index contributed by atoms with van der Waals surface area (Å²) in [6, 6.07) is 2.76. The Bertz CT molecular complexity index is 383. The standard InChI is InChI=1S/C15H24N2O/c1-11-9-15(18-12(11)2)14(10-13-3-4-13)17-7-5-16-6-8-17/h9,13-14,16H,3-8,10H2,1-2H3/t14-/m0/s1. The van der Waals surface area contributed by atoms with E-state index in [0.29, 0.717) is 6.04 Å². The molecule has 0 radical (unpaired) electrons. The molecule has 1 aliphatic heterocycles. The summed E-state index contributed by atoms with van der Waals surface area (Å²) in [6.45, 7) is 8.74. The van der Waals surface area contributed by atoms with Gasteiger partial charge in [0.25, 0.3) is 0 Å². The Hall–Kier alpha value is -0.800. The number of furan rings is 1. The van der Waals surface area contributed by atoms with Crippen molar-refractivity contribution in [3.05, 3.63) is 23.2 Å². The SMILES string of the molecule is Cc1cc([C@H](CC2CC2)N2CCNCC2)oc1C. The predicted octanol–water partition coefficient (Wildman–Crippen LogP) is 2.64. The van der Waals surface area contributed by atoms with Gasteiger partial charge in [-0.3, -0.25) is 4.90 Å². The maximum absolute atomic E-state index is 6.00. The van der Waals surface area contributed by atoms with Crippen LogP contribution >= 0.6 is 0 Å². The summed E-state index contributed by atoms with van der Waals surface area (Å²) >= 11 is 0. The number of piperazine rings is 1. The highest BCUT2D eigenvalue weighted by molar-refractivity contribution is 5.21. The lowest BCUT2D eigenvalue weighted by atomic mass is 10.0. The van der Waals surface area contributed by atoms with Crippen LogP contribution < -0.4 is 5.32 Å². The van der Waals surface area contributed by atoms with Crippen molar-refractivity contribution < 1.29 is 4.42 Å². The van der Waals surface area contributed by atoms with Crippen LogP contribution in [0.25, 0.3) is 0 Å². The molecular formula is C15H24N2O. The lowest BCUT2D eigenvalue weighted by Crippen LogP contribution is -2.45. The van der Waals surface area contributed by atoms with E-state index < -0.39 is 0 Å². The zero-order valence-corrected chi connectivity index (χ0v) is 11.5. The monoisotopic (exact) mass is 248 g/mol. The van der Waals surface area contributed by atoms with Crippen LogP contribution in [0.1, 0.15) is 42.4 Å². The van der Waals surface area contributed by atoms with Crippen molar-refractivity contribution >= 4 is 0 Å². The van der Waals surface area contributed by atoms with Crippen LogP contribution in [0.2, 0.25) is 0 Å². The van der Waals surface area contributed by atoms with Crippen molar-refractivity contribution in [2.45, 2.75) is 39.2 Å². The molecule has 1 saturated heterocycles. The van der Waals surface area contributed by atoms with Crippen LogP contribution in [0.15, 0.2) is 10.5 Å². The summed E-state index contributed by atoms with van der Waals surface area (Å²) in [5.74, 6) is 3.22. The number of nitrogens with zero attached hydrogens (tertiary/aromatic N) is 1. The van der Waals surface area contributed by atoms with Crippen LogP contribution in [0.4, 0.5) is 0 Å². The Morgan fingerprint density at radius 3 is 2.61 bits per heavy atom. The first-order chi connectivity index (χ1) is 8.74. The van der Waals surface area contributed by atoms with Gasteiger partial charge < -0.3 is 9.73 Å². The average Bonchev–Trinajstić information content (AvgIpc) is 3.14. The number of aryl methyl sites for hydroxylation is 2. The van der Waals surface area contributed by atoms with E-state index in [1.807, 2.05) is 0 Å². The van der Waals surface area contributed by atoms with E-state index in [0.717, 1.165) is 37.9 Å². The summed E-state index contributed by atoms with van der Waals surface area (Å²) in [5, 5.41) is 3.43. The van der Waals surface area contributed by atoms with Gasteiger partial charge >= 0.3 is 0 Å². The third-order valence-corrected chi connectivity index (χ3v) is 4.36. The summed E-state index contributed by atoms with van der Waals surface area (Å²) in [7, 11) is 0. The van der Waals surface area contributed by atoms with Gasteiger partial charge in [-0.2, -0.15) is 0 Å². The molecule has 100 valence electrons. The van der Waals surface area contributed by atoms with E-state index in [4.69, 9.17) is 4.42 Å². The molecule has 3 rings (SSSR count). The third kappa shape index (κ3) is 2.62. The molecule has 2 fully saturated rings. The first kappa shape index (κ1) is 12.2. The highest BCUT2D eigenvalue weighted by Gasteiger charge is 2.32. The van der Waals surface area contributed by atoms with Crippen molar-refractivity contribution in [1.82, 2.24) is 10.2 Å². The minimum absolute atomic E-state index is 0.506. The third-order valence-electron chi connectivity index (χ3n) is 4.36. The van der Waals surface area contributed by atoms with E-state index >= 15 is 0 Å². The van der Waals surface area contributed by atoms with E-state index in [-0.39, 0.29) is 0 Å². The summed E-state index contributed by atoms with van der Waals surface area (Å²) < 4.78 is 6.00. The van der Waals surface area contributed by atoms with Crippen LogP contribution in [0.3, 0.4) is 0 Å². The van der Waals surface area contributed by atoms with Crippen LogP contribution in [0, 0.1) is 19.8 Å². The minimum Gasteiger partial charge on any atom is -0.464 e. The number of rotatable bonds is 4.